The largest absolute Gasteiger partial charge is 0.294 e. The Morgan fingerprint density at radius 3 is 2.44 bits per heavy atom. The summed E-state index contributed by atoms with van der Waals surface area (Å²) in [5.74, 6) is 0.176. The number of ketones is 1. The quantitative estimate of drug-likeness (QED) is 0.443. The second kappa shape index (κ2) is 8.31. The molecule has 0 aromatic heterocycles. The Morgan fingerprint density at radius 2 is 1.78 bits per heavy atom. The van der Waals surface area contributed by atoms with Gasteiger partial charge in [0, 0.05) is 12.0 Å². The van der Waals surface area contributed by atoms with Crippen molar-refractivity contribution in [1.82, 2.24) is 0 Å². The molecule has 0 N–H and O–H groups in total. The van der Waals surface area contributed by atoms with Crippen LogP contribution in [0.15, 0.2) is 18.2 Å². The zero-order valence-corrected chi connectivity index (χ0v) is 12.2. The molecule has 0 atom stereocenters. The summed E-state index contributed by atoms with van der Waals surface area (Å²) in [6, 6.07) is 5.65. The van der Waals surface area contributed by atoms with E-state index in [0.29, 0.717) is 17.0 Å². The van der Waals surface area contributed by atoms with Crippen molar-refractivity contribution < 1.29 is 4.79 Å². The minimum atomic E-state index is 0.176. The number of benzene rings is 1. The van der Waals surface area contributed by atoms with E-state index in [4.69, 9.17) is 11.6 Å². The van der Waals surface area contributed by atoms with Crippen molar-refractivity contribution >= 4 is 17.4 Å². The molecule has 0 fully saturated rings. The van der Waals surface area contributed by atoms with Crippen LogP contribution in [0.1, 0.15) is 67.8 Å². The van der Waals surface area contributed by atoms with Gasteiger partial charge in [-0.15, -0.1) is 0 Å². The second-order valence-electron chi connectivity index (χ2n) is 4.92. The van der Waals surface area contributed by atoms with Gasteiger partial charge < -0.3 is 0 Å². The maximum Gasteiger partial charge on any atom is 0.164 e. The monoisotopic (exact) mass is 266 g/mol. The van der Waals surface area contributed by atoms with Gasteiger partial charge in [-0.3, -0.25) is 4.79 Å². The number of Topliss-reactive ketones (excluding diaryl/α,β-unsaturated/α-hetero) is 1. The second-order valence-corrected chi connectivity index (χ2v) is 5.33. The molecule has 0 saturated heterocycles. The van der Waals surface area contributed by atoms with E-state index in [0.717, 1.165) is 18.4 Å². The predicted molar refractivity (Wildman–Crippen MR) is 78.5 cm³/mol. The van der Waals surface area contributed by atoms with Crippen LogP contribution in [0.4, 0.5) is 0 Å². The minimum absolute atomic E-state index is 0.176. The molecule has 1 rings (SSSR count). The van der Waals surface area contributed by atoms with Gasteiger partial charge in [-0.1, -0.05) is 56.7 Å². The molecule has 0 aliphatic heterocycles. The van der Waals surface area contributed by atoms with Gasteiger partial charge in [0.15, 0.2) is 5.78 Å². The van der Waals surface area contributed by atoms with Gasteiger partial charge in [0.2, 0.25) is 0 Å². The van der Waals surface area contributed by atoms with Crippen LogP contribution in [0.2, 0.25) is 5.02 Å². The summed E-state index contributed by atoms with van der Waals surface area (Å²) >= 11 is 6.08. The number of carbonyl (C=O) groups excluding carboxylic acids is 1. The molecule has 1 aromatic rings. The fourth-order valence-electron chi connectivity index (χ4n) is 2.05. The molecule has 0 spiro atoms. The molecular weight excluding hydrogens is 244 g/mol. The highest BCUT2D eigenvalue weighted by Crippen LogP contribution is 2.20. The van der Waals surface area contributed by atoms with Gasteiger partial charge in [-0.05, 0) is 31.0 Å². The summed E-state index contributed by atoms with van der Waals surface area (Å²) in [6.45, 7) is 4.19. The lowest BCUT2D eigenvalue weighted by Gasteiger charge is -2.04. The van der Waals surface area contributed by atoms with Crippen molar-refractivity contribution in [3.05, 3.63) is 34.3 Å². The van der Waals surface area contributed by atoms with Gasteiger partial charge in [-0.25, -0.2) is 0 Å². The van der Waals surface area contributed by atoms with Crippen molar-refractivity contribution in [3.8, 4) is 0 Å². The average molecular weight is 267 g/mol. The number of hydrogen-bond acceptors (Lipinski definition) is 1. The van der Waals surface area contributed by atoms with Crippen LogP contribution in [-0.2, 0) is 0 Å². The van der Waals surface area contributed by atoms with E-state index in [2.05, 4.69) is 6.92 Å². The average Bonchev–Trinajstić information content (AvgIpc) is 2.33. The van der Waals surface area contributed by atoms with Gasteiger partial charge in [0.25, 0.3) is 0 Å². The molecule has 0 saturated carbocycles. The maximum atomic E-state index is 12.0. The Morgan fingerprint density at radius 1 is 1.11 bits per heavy atom. The van der Waals surface area contributed by atoms with E-state index in [9.17, 15) is 4.79 Å². The van der Waals surface area contributed by atoms with Crippen molar-refractivity contribution in [2.75, 3.05) is 0 Å². The first kappa shape index (κ1) is 15.2. The van der Waals surface area contributed by atoms with Crippen LogP contribution < -0.4 is 0 Å². The number of hydrogen-bond donors (Lipinski definition) is 0. The molecule has 18 heavy (non-hydrogen) atoms. The number of rotatable bonds is 8. The summed E-state index contributed by atoms with van der Waals surface area (Å²) in [5.41, 5.74) is 1.77. The highest BCUT2D eigenvalue weighted by Gasteiger charge is 2.09. The summed E-state index contributed by atoms with van der Waals surface area (Å²) in [7, 11) is 0. The topological polar surface area (TPSA) is 17.1 Å². The Balaban J connectivity index is 2.32. The Hall–Kier alpha value is -0.820. The Kier molecular flexibility index (Phi) is 7.04. The first-order valence-electron chi connectivity index (χ1n) is 6.94. The van der Waals surface area contributed by atoms with Gasteiger partial charge in [0.05, 0.1) is 5.02 Å². The SMILES string of the molecule is CCCCCCCCC(=O)c1ccc(C)cc1Cl. The van der Waals surface area contributed by atoms with Crippen molar-refractivity contribution in [2.45, 2.75) is 58.8 Å². The van der Waals surface area contributed by atoms with E-state index in [1.165, 1.54) is 25.7 Å². The third-order valence-corrected chi connectivity index (χ3v) is 3.50. The van der Waals surface area contributed by atoms with E-state index in [1.54, 1.807) is 0 Å². The summed E-state index contributed by atoms with van der Waals surface area (Å²) in [4.78, 5) is 12.0. The first-order chi connectivity index (χ1) is 8.65. The number of halogens is 1. The third kappa shape index (κ3) is 5.22. The highest BCUT2D eigenvalue weighted by atomic mass is 35.5. The van der Waals surface area contributed by atoms with E-state index < -0.39 is 0 Å². The molecule has 0 aliphatic carbocycles. The molecule has 0 aliphatic rings. The zero-order valence-electron chi connectivity index (χ0n) is 11.5. The minimum Gasteiger partial charge on any atom is -0.294 e. The fraction of sp³-hybridized carbons (Fsp3) is 0.562. The molecular formula is C16H23ClO. The Bertz CT molecular complexity index is 385. The van der Waals surface area contributed by atoms with Crippen LogP contribution >= 0.6 is 11.6 Å². The molecule has 1 nitrogen and oxygen atoms in total. The van der Waals surface area contributed by atoms with Crippen LogP contribution in [0.5, 0.6) is 0 Å². The molecule has 100 valence electrons. The summed E-state index contributed by atoms with van der Waals surface area (Å²) < 4.78 is 0. The fourth-order valence-corrected chi connectivity index (χ4v) is 2.39. The molecule has 0 heterocycles. The lowest BCUT2D eigenvalue weighted by atomic mass is 10.0. The molecule has 2 heteroatoms. The van der Waals surface area contributed by atoms with Crippen molar-refractivity contribution in [1.29, 1.82) is 0 Å². The van der Waals surface area contributed by atoms with E-state index >= 15 is 0 Å². The predicted octanol–water partition coefficient (Wildman–Crippen LogP) is 5.58. The Labute approximate surface area is 116 Å². The summed E-state index contributed by atoms with van der Waals surface area (Å²) in [5, 5.41) is 0.589. The smallest absolute Gasteiger partial charge is 0.164 e. The van der Waals surface area contributed by atoms with Gasteiger partial charge in [-0.2, -0.15) is 0 Å². The van der Waals surface area contributed by atoms with Gasteiger partial charge in [0.1, 0.15) is 0 Å². The number of aryl methyl sites for hydroxylation is 1. The van der Waals surface area contributed by atoms with Gasteiger partial charge >= 0.3 is 0 Å². The molecule has 1 aromatic carbocycles. The normalized spacial score (nSPS) is 10.6. The van der Waals surface area contributed by atoms with Crippen molar-refractivity contribution in [3.63, 3.8) is 0 Å². The molecule has 0 radical (unpaired) electrons. The molecule has 0 unspecified atom stereocenters. The lowest BCUT2D eigenvalue weighted by Crippen LogP contribution is -2.00. The molecule has 0 amide bonds. The third-order valence-electron chi connectivity index (χ3n) is 3.18. The van der Waals surface area contributed by atoms with E-state index in [-0.39, 0.29) is 5.78 Å². The number of carbonyl (C=O) groups is 1. The standard InChI is InChI=1S/C16H23ClO/c1-3-4-5-6-7-8-9-16(18)14-11-10-13(2)12-15(14)17/h10-12H,3-9H2,1-2H3. The van der Waals surface area contributed by atoms with Crippen LogP contribution in [0.3, 0.4) is 0 Å². The van der Waals surface area contributed by atoms with Crippen LogP contribution in [0.25, 0.3) is 0 Å². The maximum absolute atomic E-state index is 12.0. The zero-order chi connectivity index (χ0) is 13.4. The van der Waals surface area contributed by atoms with E-state index in [1.807, 2.05) is 25.1 Å². The van der Waals surface area contributed by atoms with Crippen LogP contribution in [-0.4, -0.2) is 5.78 Å². The van der Waals surface area contributed by atoms with Crippen LogP contribution in [0, 0.1) is 6.92 Å². The lowest BCUT2D eigenvalue weighted by molar-refractivity contribution is 0.0979. The number of unbranched alkanes of at least 4 members (excludes halogenated alkanes) is 5. The molecule has 0 bridgehead atoms. The first-order valence-corrected chi connectivity index (χ1v) is 7.32. The van der Waals surface area contributed by atoms with Crippen molar-refractivity contribution in [2.24, 2.45) is 0 Å². The highest BCUT2D eigenvalue weighted by molar-refractivity contribution is 6.34. The summed E-state index contributed by atoms with van der Waals surface area (Å²) in [6.07, 6.45) is 7.84.